The predicted octanol–water partition coefficient (Wildman–Crippen LogP) is -5.72. The van der Waals surface area contributed by atoms with Crippen LogP contribution in [0.2, 0.25) is 0 Å². The SMILES string of the molecule is O.O=S(=O)([O-])[O-].[Al].[Li+].[OH-]. The van der Waals surface area contributed by atoms with Crippen LogP contribution in [0.5, 0.6) is 0 Å². The van der Waals surface area contributed by atoms with Gasteiger partial charge in [-0.1, -0.05) is 0 Å². The van der Waals surface area contributed by atoms with Gasteiger partial charge in [0.2, 0.25) is 0 Å². The smallest absolute Gasteiger partial charge is 0.870 e. The maximum atomic E-state index is 8.52. The van der Waals surface area contributed by atoms with Gasteiger partial charge in [0.1, 0.15) is 0 Å². The molecule has 0 unspecified atom stereocenters. The van der Waals surface area contributed by atoms with Crippen LogP contribution in [-0.2, 0) is 10.4 Å². The molecule has 0 amide bonds. The molecule has 0 aromatic rings. The molecule has 0 rings (SSSR count). The van der Waals surface area contributed by atoms with Crippen molar-refractivity contribution in [3.63, 3.8) is 0 Å². The van der Waals surface area contributed by atoms with Gasteiger partial charge in [-0.25, -0.2) is 0 Å². The molecule has 51 valence electrons. The molecule has 0 fully saturated rings. The van der Waals surface area contributed by atoms with Gasteiger partial charge in [-0.05, 0) is 0 Å². The van der Waals surface area contributed by atoms with E-state index in [2.05, 4.69) is 0 Å². The van der Waals surface area contributed by atoms with Crippen molar-refractivity contribution in [1.29, 1.82) is 0 Å². The molecule has 0 aliphatic rings. The Balaban J connectivity index is -0.0000000133. The molecule has 0 saturated heterocycles. The Morgan fingerprint density at radius 1 is 1.11 bits per heavy atom. The Morgan fingerprint density at radius 2 is 1.11 bits per heavy atom. The van der Waals surface area contributed by atoms with E-state index in [0.717, 1.165) is 0 Å². The summed E-state index contributed by atoms with van der Waals surface area (Å²) < 4.78 is 34.1. The fourth-order valence-corrected chi connectivity index (χ4v) is 0. The van der Waals surface area contributed by atoms with E-state index in [1.807, 2.05) is 0 Å². The van der Waals surface area contributed by atoms with Gasteiger partial charge in [0.15, 0.2) is 0 Å². The second-order valence-electron chi connectivity index (χ2n) is 0.408. The zero-order valence-electron chi connectivity index (χ0n) is 4.57. The molecule has 0 aliphatic heterocycles. The van der Waals surface area contributed by atoms with Crippen molar-refractivity contribution in [2.75, 3.05) is 0 Å². The molecular weight excluding hydrogens is 162 g/mol. The topological polar surface area (TPSA) is 142 Å². The molecule has 6 nitrogen and oxygen atoms in total. The Hall–Kier alpha value is 0.920. The van der Waals surface area contributed by atoms with E-state index in [4.69, 9.17) is 17.5 Å². The van der Waals surface area contributed by atoms with E-state index in [-0.39, 0.29) is 47.2 Å². The van der Waals surface area contributed by atoms with Crippen molar-refractivity contribution in [2.45, 2.75) is 0 Å². The van der Waals surface area contributed by atoms with Crippen LogP contribution >= 0.6 is 0 Å². The van der Waals surface area contributed by atoms with E-state index in [0.29, 0.717) is 0 Å². The van der Waals surface area contributed by atoms with Gasteiger partial charge in [0, 0.05) is 27.8 Å². The van der Waals surface area contributed by atoms with Gasteiger partial charge in [0.25, 0.3) is 0 Å². The molecule has 3 N–H and O–H groups in total. The van der Waals surface area contributed by atoms with Crippen LogP contribution in [0.25, 0.3) is 0 Å². The van der Waals surface area contributed by atoms with Gasteiger partial charge in [-0.2, -0.15) is 0 Å². The number of rotatable bonds is 0. The molecule has 0 bridgehead atoms. The Bertz CT molecular complexity index is 96.2. The molecular formula is H3AlLiO6S-2. The largest absolute Gasteiger partial charge is 1.00 e. The summed E-state index contributed by atoms with van der Waals surface area (Å²) in [4.78, 5) is 0. The van der Waals surface area contributed by atoms with E-state index in [1.165, 1.54) is 0 Å². The molecule has 3 radical (unpaired) electrons. The minimum Gasteiger partial charge on any atom is -0.870 e. The summed E-state index contributed by atoms with van der Waals surface area (Å²) in [5.74, 6) is 0. The first-order chi connectivity index (χ1) is 2.00. The quantitative estimate of drug-likeness (QED) is 0.199. The van der Waals surface area contributed by atoms with Crippen molar-refractivity contribution in [3.05, 3.63) is 0 Å². The number of hydrogen-bond acceptors (Lipinski definition) is 5. The third kappa shape index (κ3) is 505. The normalized spacial score (nSPS) is 6.44. The first-order valence-corrected chi connectivity index (χ1v) is 2.00. The van der Waals surface area contributed by atoms with E-state index < -0.39 is 10.4 Å². The van der Waals surface area contributed by atoms with Gasteiger partial charge >= 0.3 is 18.9 Å². The van der Waals surface area contributed by atoms with Crippen LogP contribution in [0.1, 0.15) is 0 Å². The van der Waals surface area contributed by atoms with Crippen molar-refractivity contribution >= 4 is 27.8 Å². The van der Waals surface area contributed by atoms with Crippen LogP contribution < -0.4 is 18.9 Å². The molecule has 0 aliphatic carbocycles. The summed E-state index contributed by atoms with van der Waals surface area (Å²) in [6.07, 6.45) is 0. The summed E-state index contributed by atoms with van der Waals surface area (Å²) in [6, 6.07) is 0. The maximum absolute atomic E-state index is 8.52. The molecule has 0 atom stereocenters. The van der Waals surface area contributed by atoms with Gasteiger partial charge in [-0.15, -0.1) is 0 Å². The van der Waals surface area contributed by atoms with Crippen LogP contribution in [0.4, 0.5) is 0 Å². The van der Waals surface area contributed by atoms with Gasteiger partial charge in [-0.3, -0.25) is 8.42 Å². The van der Waals surface area contributed by atoms with E-state index >= 15 is 0 Å². The summed E-state index contributed by atoms with van der Waals surface area (Å²) in [5.41, 5.74) is 0. The van der Waals surface area contributed by atoms with Crippen LogP contribution in [0.15, 0.2) is 0 Å². The van der Waals surface area contributed by atoms with Gasteiger partial charge < -0.3 is 20.1 Å². The zero-order chi connectivity index (χ0) is 4.50. The van der Waals surface area contributed by atoms with Gasteiger partial charge in [0.05, 0.1) is 0 Å². The standard InChI is InChI=1S/Al.Li.H2O4S.2H2O/c;;1-5(2,3)4;;/h;;(H2,1,2,3,4);2*1H2/q;+1;;;/p-3. The van der Waals surface area contributed by atoms with Crippen LogP contribution in [-0.4, -0.2) is 45.8 Å². The third-order valence-corrected chi connectivity index (χ3v) is 0. The Kier molecular flexibility index (Phi) is 42.3. The van der Waals surface area contributed by atoms with Crippen molar-refractivity contribution in [3.8, 4) is 0 Å². The minimum absolute atomic E-state index is 0. The van der Waals surface area contributed by atoms with E-state index in [1.54, 1.807) is 0 Å². The Labute approximate surface area is 75.1 Å². The predicted molar refractivity (Wildman–Crippen MR) is 21.8 cm³/mol. The molecule has 9 heteroatoms. The van der Waals surface area contributed by atoms with Crippen LogP contribution in [0.3, 0.4) is 0 Å². The maximum Gasteiger partial charge on any atom is 1.00 e. The fourth-order valence-electron chi connectivity index (χ4n) is 0. The van der Waals surface area contributed by atoms with Crippen molar-refractivity contribution < 1.29 is 47.3 Å². The molecule has 0 aromatic carbocycles. The summed E-state index contributed by atoms with van der Waals surface area (Å²) in [5, 5.41) is 0. The summed E-state index contributed by atoms with van der Waals surface area (Å²) in [6.45, 7) is 0. The molecule has 0 saturated carbocycles. The van der Waals surface area contributed by atoms with Crippen LogP contribution in [0, 0.1) is 0 Å². The first-order valence-electron chi connectivity index (χ1n) is 0.667. The summed E-state index contributed by atoms with van der Waals surface area (Å²) in [7, 11) is -5.17. The molecule has 0 spiro atoms. The minimum atomic E-state index is -5.17. The Morgan fingerprint density at radius 3 is 1.11 bits per heavy atom. The number of hydrogen-bond donors (Lipinski definition) is 0. The van der Waals surface area contributed by atoms with Crippen molar-refractivity contribution in [2.24, 2.45) is 0 Å². The summed E-state index contributed by atoms with van der Waals surface area (Å²) >= 11 is 0. The zero-order valence-corrected chi connectivity index (χ0v) is 6.54. The van der Waals surface area contributed by atoms with E-state index in [9.17, 15) is 0 Å². The molecule has 0 aromatic heterocycles. The second kappa shape index (κ2) is 11.7. The first kappa shape index (κ1) is 32.6. The molecule has 0 heterocycles. The second-order valence-corrected chi connectivity index (χ2v) is 1.22. The average molecular weight is 165 g/mol. The molecule has 9 heavy (non-hydrogen) atoms. The third-order valence-electron chi connectivity index (χ3n) is 0. The average Bonchev–Trinajstić information content (AvgIpc) is 0.722. The monoisotopic (exact) mass is 165 g/mol. The fraction of sp³-hybridized carbons (Fsp3) is 0. The van der Waals surface area contributed by atoms with Crippen molar-refractivity contribution in [1.82, 2.24) is 0 Å².